The number of rotatable bonds is 4. The second-order valence-electron chi connectivity index (χ2n) is 4.55. The number of carbonyl (C=O) groups excluding carboxylic acids is 1. The van der Waals surface area contributed by atoms with E-state index in [4.69, 9.17) is 0 Å². The third-order valence-electron chi connectivity index (χ3n) is 3.05. The molecule has 0 unspecified atom stereocenters. The number of hydrogen-bond acceptors (Lipinski definition) is 6. The highest BCUT2D eigenvalue weighted by molar-refractivity contribution is 6.12. The molecular weight excluding hydrogens is 296 g/mol. The minimum absolute atomic E-state index is 0.108. The fourth-order valence-corrected chi connectivity index (χ4v) is 1.98. The van der Waals surface area contributed by atoms with Crippen molar-refractivity contribution >= 4 is 11.8 Å². The van der Waals surface area contributed by atoms with Gasteiger partial charge in [0.25, 0.3) is 0 Å². The van der Waals surface area contributed by atoms with E-state index in [1.165, 1.54) is 24.7 Å². The first-order chi connectivity index (χ1) is 11.2. The second-order valence-corrected chi connectivity index (χ2v) is 4.55. The van der Waals surface area contributed by atoms with Crippen LogP contribution < -0.4 is 0 Å². The molecule has 0 saturated carbocycles. The molecule has 0 aliphatic carbocycles. The van der Waals surface area contributed by atoms with Gasteiger partial charge < -0.3 is 5.11 Å². The van der Waals surface area contributed by atoms with E-state index >= 15 is 0 Å². The Bertz CT molecular complexity index is 867. The van der Waals surface area contributed by atoms with Crippen LogP contribution in [0.1, 0.15) is 26.5 Å². The van der Waals surface area contributed by atoms with Crippen molar-refractivity contribution in [3.8, 4) is 11.4 Å². The lowest BCUT2D eigenvalue weighted by Crippen LogP contribution is -2.14. The molecule has 0 saturated heterocycles. The summed E-state index contributed by atoms with van der Waals surface area (Å²) in [7, 11) is 0. The van der Waals surface area contributed by atoms with Gasteiger partial charge in [0, 0.05) is 30.4 Å². The van der Waals surface area contributed by atoms with Crippen LogP contribution in [0.4, 0.5) is 0 Å². The highest BCUT2D eigenvalue weighted by Gasteiger charge is 2.22. The molecule has 0 aromatic carbocycles. The summed E-state index contributed by atoms with van der Waals surface area (Å²) in [6, 6.07) is 8.20. The highest BCUT2D eigenvalue weighted by atomic mass is 16.4. The number of carboxylic acids is 1. The van der Waals surface area contributed by atoms with Gasteiger partial charge >= 0.3 is 5.97 Å². The van der Waals surface area contributed by atoms with Crippen LogP contribution in [0.25, 0.3) is 11.4 Å². The van der Waals surface area contributed by atoms with Gasteiger partial charge in [-0.15, -0.1) is 0 Å². The normalized spacial score (nSPS) is 10.3. The smallest absolute Gasteiger partial charge is 0.355 e. The maximum absolute atomic E-state index is 12.4. The molecule has 3 aromatic heterocycles. The summed E-state index contributed by atoms with van der Waals surface area (Å²) >= 11 is 0. The Kier molecular flexibility index (Phi) is 3.84. The highest BCUT2D eigenvalue weighted by Crippen LogP contribution is 2.17. The standard InChI is InChI=1S/C16H10N4O3/c21-14(12-5-1-2-7-18-12)11-9-19-15(20-13(11)16(22)23)10-4-3-6-17-8-10/h1-9H,(H,22,23). The van der Waals surface area contributed by atoms with E-state index in [1.54, 1.807) is 30.5 Å². The van der Waals surface area contributed by atoms with Crippen molar-refractivity contribution in [3.05, 3.63) is 72.1 Å². The fourth-order valence-electron chi connectivity index (χ4n) is 1.98. The zero-order valence-corrected chi connectivity index (χ0v) is 11.7. The molecule has 23 heavy (non-hydrogen) atoms. The molecule has 0 bridgehead atoms. The van der Waals surface area contributed by atoms with Gasteiger partial charge in [-0.1, -0.05) is 6.07 Å². The van der Waals surface area contributed by atoms with E-state index in [1.807, 2.05) is 0 Å². The van der Waals surface area contributed by atoms with E-state index in [9.17, 15) is 14.7 Å². The van der Waals surface area contributed by atoms with Crippen molar-refractivity contribution < 1.29 is 14.7 Å². The molecule has 1 N–H and O–H groups in total. The number of aromatic nitrogens is 4. The lowest BCUT2D eigenvalue weighted by Gasteiger charge is -2.06. The summed E-state index contributed by atoms with van der Waals surface area (Å²) in [5.41, 5.74) is 0.220. The monoisotopic (exact) mass is 306 g/mol. The molecule has 0 atom stereocenters. The van der Waals surface area contributed by atoms with Crippen molar-refractivity contribution in [2.24, 2.45) is 0 Å². The summed E-state index contributed by atoms with van der Waals surface area (Å²) in [5.74, 6) is -1.66. The molecule has 112 valence electrons. The third-order valence-corrected chi connectivity index (χ3v) is 3.05. The Balaban J connectivity index is 2.08. The van der Waals surface area contributed by atoms with E-state index in [2.05, 4.69) is 19.9 Å². The largest absolute Gasteiger partial charge is 0.476 e. The van der Waals surface area contributed by atoms with Crippen molar-refractivity contribution in [3.63, 3.8) is 0 Å². The first-order valence-electron chi connectivity index (χ1n) is 6.63. The van der Waals surface area contributed by atoms with Crippen molar-refractivity contribution in [1.82, 2.24) is 19.9 Å². The molecule has 0 fully saturated rings. The van der Waals surface area contributed by atoms with Crippen LogP contribution in [0.2, 0.25) is 0 Å². The Morgan fingerprint density at radius 2 is 1.83 bits per heavy atom. The zero-order chi connectivity index (χ0) is 16.2. The van der Waals surface area contributed by atoms with Gasteiger partial charge in [-0.05, 0) is 24.3 Å². The van der Waals surface area contributed by atoms with Gasteiger partial charge in [0.1, 0.15) is 5.69 Å². The van der Waals surface area contributed by atoms with E-state index in [-0.39, 0.29) is 22.8 Å². The Labute approximate surface area is 130 Å². The molecule has 3 rings (SSSR count). The van der Waals surface area contributed by atoms with Gasteiger partial charge in [0.2, 0.25) is 5.78 Å². The van der Waals surface area contributed by atoms with Crippen molar-refractivity contribution in [1.29, 1.82) is 0 Å². The molecule has 3 heterocycles. The van der Waals surface area contributed by atoms with E-state index in [0.29, 0.717) is 5.56 Å². The van der Waals surface area contributed by atoms with Crippen molar-refractivity contribution in [2.75, 3.05) is 0 Å². The first kappa shape index (κ1) is 14.5. The topological polar surface area (TPSA) is 106 Å². The summed E-state index contributed by atoms with van der Waals surface area (Å²) in [4.78, 5) is 39.8. The lowest BCUT2D eigenvalue weighted by molar-refractivity contribution is 0.0686. The predicted octanol–water partition coefficient (Wildman–Crippen LogP) is 1.86. The molecule has 7 nitrogen and oxygen atoms in total. The number of pyridine rings is 2. The minimum Gasteiger partial charge on any atom is -0.476 e. The Morgan fingerprint density at radius 1 is 0.957 bits per heavy atom. The fraction of sp³-hybridized carbons (Fsp3) is 0. The van der Waals surface area contributed by atoms with Gasteiger partial charge in [-0.2, -0.15) is 0 Å². The number of nitrogens with zero attached hydrogens (tertiary/aromatic N) is 4. The first-order valence-corrected chi connectivity index (χ1v) is 6.63. The number of hydrogen-bond donors (Lipinski definition) is 1. The molecule has 0 aliphatic heterocycles. The number of aromatic carboxylic acids is 1. The Morgan fingerprint density at radius 3 is 2.48 bits per heavy atom. The average Bonchev–Trinajstić information content (AvgIpc) is 2.62. The van der Waals surface area contributed by atoms with Crippen LogP contribution in [0.15, 0.2) is 55.1 Å². The van der Waals surface area contributed by atoms with Crippen LogP contribution >= 0.6 is 0 Å². The summed E-state index contributed by atoms with van der Waals surface area (Å²) in [6.07, 6.45) is 5.76. The van der Waals surface area contributed by atoms with Crippen LogP contribution in [0.5, 0.6) is 0 Å². The SMILES string of the molecule is O=C(c1ccccn1)c1cnc(-c2cccnc2)nc1C(=O)O. The minimum atomic E-state index is -1.31. The van der Waals surface area contributed by atoms with Gasteiger partial charge in [-0.25, -0.2) is 14.8 Å². The zero-order valence-electron chi connectivity index (χ0n) is 11.7. The van der Waals surface area contributed by atoms with Crippen LogP contribution in [0, 0.1) is 0 Å². The molecule has 0 spiro atoms. The molecule has 0 aliphatic rings. The third kappa shape index (κ3) is 2.93. The van der Waals surface area contributed by atoms with E-state index in [0.717, 1.165) is 0 Å². The van der Waals surface area contributed by atoms with E-state index < -0.39 is 11.8 Å². The molecule has 0 radical (unpaired) electrons. The molecule has 3 aromatic rings. The average molecular weight is 306 g/mol. The lowest BCUT2D eigenvalue weighted by atomic mass is 10.1. The summed E-state index contributed by atoms with van der Waals surface area (Å²) in [5, 5.41) is 9.35. The number of ketones is 1. The molecule has 0 amide bonds. The van der Waals surface area contributed by atoms with Gasteiger partial charge in [-0.3, -0.25) is 14.8 Å². The molecule has 7 heteroatoms. The number of carboxylic acid groups (broad SMARTS) is 1. The summed E-state index contributed by atoms with van der Waals surface area (Å²) < 4.78 is 0. The second kappa shape index (κ2) is 6.10. The van der Waals surface area contributed by atoms with Gasteiger partial charge in [0.15, 0.2) is 11.5 Å². The summed E-state index contributed by atoms with van der Waals surface area (Å²) in [6.45, 7) is 0. The van der Waals surface area contributed by atoms with Crippen LogP contribution in [-0.4, -0.2) is 36.8 Å². The maximum atomic E-state index is 12.4. The van der Waals surface area contributed by atoms with Crippen LogP contribution in [0.3, 0.4) is 0 Å². The predicted molar refractivity (Wildman–Crippen MR) is 79.9 cm³/mol. The van der Waals surface area contributed by atoms with Crippen molar-refractivity contribution in [2.45, 2.75) is 0 Å². The maximum Gasteiger partial charge on any atom is 0.355 e. The Hall–Kier alpha value is -3.48. The molecular formula is C16H10N4O3. The van der Waals surface area contributed by atoms with Crippen LogP contribution in [-0.2, 0) is 0 Å². The quantitative estimate of drug-likeness (QED) is 0.733. The van der Waals surface area contributed by atoms with Gasteiger partial charge in [0.05, 0.1) is 5.56 Å². The number of carbonyl (C=O) groups is 2.